The fraction of sp³-hybridized carbons (Fsp3) is 0.500. The van der Waals surface area contributed by atoms with Crippen molar-refractivity contribution in [2.75, 3.05) is 26.2 Å². The maximum absolute atomic E-state index is 5.99. The van der Waals surface area contributed by atoms with Crippen LogP contribution in [0.3, 0.4) is 0 Å². The molecule has 0 atom stereocenters. The zero-order chi connectivity index (χ0) is 16.7. The first-order valence-corrected chi connectivity index (χ1v) is 7.95. The number of aliphatic imine (C=N–C) groups is 1. The fourth-order valence-corrected chi connectivity index (χ4v) is 2.49. The van der Waals surface area contributed by atoms with Gasteiger partial charge in [-0.05, 0) is 26.8 Å². The van der Waals surface area contributed by atoms with Gasteiger partial charge in [0.2, 0.25) is 0 Å². The van der Waals surface area contributed by atoms with Crippen LogP contribution in [0.4, 0.5) is 0 Å². The van der Waals surface area contributed by atoms with Crippen molar-refractivity contribution in [1.82, 2.24) is 10.6 Å². The molecule has 23 heavy (non-hydrogen) atoms. The number of rotatable bonds is 6. The van der Waals surface area contributed by atoms with Crippen LogP contribution in [0.25, 0.3) is 0 Å². The molecule has 1 aromatic carbocycles. The molecule has 1 aliphatic rings. The Balaban J connectivity index is 1.90. The van der Waals surface area contributed by atoms with Gasteiger partial charge in [0.05, 0.1) is 13.1 Å². The molecule has 0 amide bonds. The predicted molar refractivity (Wildman–Crippen MR) is 93.2 cm³/mol. The molecule has 2 rings (SSSR count). The maximum atomic E-state index is 5.99. The second-order valence-corrected chi connectivity index (χ2v) is 5.95. The van der Waals surface area contributed by atoms with E-state index in [-0.39, 0.29) is 5.60 Å². The molecule has 0 aromatic heterocycles. The zero-order valence-corrected chi connectivity index (χ0v) is 14.1. The molecule has 0 fully saturated rings. The van der Waals surface area contributed by atoms with Gasteiger partial charge in [0.1, 0.15) is 12.2 Å². The average molecular weight is 315 g/mol. The molecule has 0 bridgehead atoms. The lowest BCUT2D eigenvalue weighted by atomic mass is 10.0. The van der Waals surface area contributed by atoms with E-state index in [0.717, 1.165) is 24.5 Å². The lowest BCUT2D eigenvalue weighted by molar-refractivity contribution is 0.132. The van der Waals surface area contributed by atoms with Gasteiger partial charge in [-0.2, -0.15) is 0 Å². The maximum Gasteiger partial charge on any atom is 0.192 e. The largest absolute Gasteiger partial charge is 0.488 e. The summed E-state index contributed by atoms with van der Waals surface area (Å²) in [6, 6.07) is 6.02. The molecule has 2 N–H and O–H groups in total. The molecule has 0 spiro atoms. The number of para-hydroxylation sites is 1. The third-order valence-electron chi connectivity index (χ3n) is 3.38. The summed E-state index contributed by atoms with van der Waals surface area (Å²) in [7, 11) is 0. The van der Waals surface area contributed by atoms with Crippen LogP contribution >= 0.6 is 0 Å². The van der Waals surface area contributed by atoms with Crippen LogP contribution in [0.2, 0.25) is 0 Å². The number of fused-ring (bicyclic) bond motifs is 1. The van der Waals surface area contributed by atoms with E-state index in [1.165, 1.54) is 5.56 Å². The van der Waals surface area contributed by atoms with Crippen LogP contribution in [0, 0.1) is 12.3 Å². The number of benzene rings is 1. The van der Waals surface area contributed by atoms with Crippen molar-refractivity contribution in [2.45, 2.75) is 32.8 Å². The summed E-state index contributed by atoms with van der Waals surface area (Å²) in [5.74, 6) is 4.87. The van der Waals surface area contributed by atoms with Gasteiger partial charge in [-0.25, -0.2) is 4.99 Å². The van der Waals surface area contributed by atoms with E-state index in [2.05, 4.69) is 41.5 Å². The summed E-state index contributed by atoms with van der Waals surface area (Å²) in [5.41, 5.74) is 1.03. The SMILES string of the molecule is C#CCNC(=NCCOc1cccc2c1OC(C)(C)C2)NCC. The number of hydrogen-bond acceptors (Lipinski definition) is 3. The Bertz CT molecular complexity index is 603. The number of hydrogen-bond donors (Lipinski definition) is 2. The topological polar surface area (TPSA) is 54.9 Å². The molecule has 1 aliphatic heterocycles. The van der Waals surface area contributed by atoms with E-state index >= 15 is 0 Å². The number of guanidine groups is 1. The van der Waals surface area contributed by atoms with Gasteiger partial charge >= 0.3 is 0 Å². The van der Waals surface area contributed by atoms with E-state index < -0.39 is 0 Å². The third kappa shape index (κ3) is 4.82. The van der Waals surface area contributed by atoms with Gasteiger partial charge in [0.15, 0.2) is 17.5 Å². The number of ether oxygens (including phenoxy) is 2. The zero-order valence-electron chi connectivity index (χ0n) is 14.1. The molecule has 1 heterocycles. The number of nitrogens with one attached hydrogen (secondary N) is 2. The summed E-state index contributed by atoms with van der Waals surface area (Å²) < 4.78 is 11.8. The van der Waals surface area contributed by atoms with Gasteiger partial charge in [-0.15, -0.1) is 6.42 Å². The first kappa shape index (κ1) is 17.0. The Morgan fingerprint density at radius 1 is 1.43 bits per heavy atom. The second-order valence-electron chi connectivity index (χ2n) is 5.95. The van der Waals surface area contributed by atoms with Crippen molar-refractivity contribution in [3.63, 3.8) is 0 Å². The van der Waals surface area contributed by atoms with Crippen molar-refractivity contribution in [3.05, 3.63) is 23.8 Å². The molecule has 0 saturated heterocycles. The van der Waals surface area contributed by atoms with Crippen molar-refractivity contribution in [1.29, 1.82) is 0 Å². The average Bonchev–Trinajstić information content (AvgIpc) is 2.83. The number of nitrogens with zero attached hydrogens (tertiary/aromatic N) is 1. The highest BCUT2D eigenvalue weighted by Gasteiger charge is 2.32. The highest BCUT2D eigenvalue weighted by atomic mass is 16.5. The molecule has 0 aliphatic carbocycles. The van der Waals surface area contributed by atoms with Crippen LogP contribution in [0.1, 0.15) is 26.3 Å². The molecule has 124 valence electrons. The minimum Gasteiger partial charge on any atom is -0.488 e. The Hall–Kier alpha value is -2.35. The van der Waals surface area contributed by atoms with Crippen LogP contribution in [0.15, 0.2) is 23.2 Å². The third-order valence-corrected chi connectivity index (χ3v) is 3.38. The minimum atomic E-state index is -0.169. The molecular weight excluding hydrogens is 290 g/mol. The van der Waals surface area contributed by atoms with Crippen LogP contribution in [-0.2, 0) is 6.42 Å². The Labute approximate surface area is 138 Å². The Morgan fingerprint density at radius 2 is 2.26 bits per heavy atom. The standard InChI is InChI=1S/C18H25N3O2/c1-5-10-20-17(19-6-2)21-11-12-22-15-9-7-8-14-13-18(3,4)23-16(14)15/h1,7-9H,6,10-13H2,2-4H3,(H2,19,20,21). The van der Waals surface area contributed by atoms with Crippen LogP contribution in [-0.4, -0.2) is 37.8 Å². The lowest BCUT2D eigenvalue weighted by Gasteiger charge is -2.18. The first-order chi connectivity index (χ1) is 11.1. The van der Waals surface area contributed by atoms with Gasteiger partial charge < -0.3 is 20.1 Å². The van der Waals surface area contributed by atoms with Gasteiger partial charge in [0.25, 0.3) is 0 Å². The van der Waals surface area contributed by atoms with Gasteiger partial charge in [0, 0.05) is 18.5 Å². The van der Waals surface area contributed by atoms with Crippen molar-refractivity contribution in [2.24, 2.45) is 4.99 Å². The normalized spacial score (nSPS) is 15.3. The molecular formula is C18H25N3O2. The molecule has 0 saturated carbocycles. The first-order valence-electron chi connectivity index (χ1n) is 7.95. The highest BCUT2D eigenvalue weighted by Crippen LogP contribution is 2.41. The monoisotopic (exact) mass is 315 g/mol. The quantitative estimate of drug-likeness (QED) is 0.365. The highest BCUT2D eigenvalue weighted by molar-refractivity contribution is 5.79. The molecule has 0 unspecified atom stereocenters. The fourth-order valence-electron chi connectivity index (χ4n) is 2.49. The predicted octanol–water partition coefficient (Wildman–Crippen LogP) is 1.97. The van der Waals surface area contributed by atoms with Crippen LogP contribution < -0.4 is 20.1 Å². The van der Waals surface area contributed by atoms with E-state index in [9.17, 15) is 0 Å². The van der Waals surface area contributed by atoms with Gasteiger partial charge in [-0.1, -0.05) is 18.1 Å². The van der Waals surface area contributed by atoms with E-state index in [0.29, 0.717) is 25.7 Å². The lowest BCUT2D eigenvalue weighted by Crippen LogP contribution is -2.37. The van der Waals surface area contributed by atoms with E-state index in [1.807, 2.05) is 19.1 Å². The van der Waals surface area contributed by atoms with E-state index in [1.54, 1.807) is 0 Å². The summed E-state index contributed by atoms with van der Waals surface area (Å²) >= 11 is 0. The molecule has 0 radical (unpaired) electrons. The van der Waals surface area contributed by atoms with Crippen LogP contribution in [0.5, 0.6) is 11.5 Å². The summed E-state index contributed by atoms with van der Waals surface area (Å²) in [5, 5.41) is 6.18. The van der Waals surface area contributed by atoms with Crippen molar-refractivity contribution in [3.8, 4) is 23.8 Å². The molecule has 5 heteroatoms. The number of terminal acetylenes is 1. The van der Waals surface area contributed by atoms with Crippen molar-refractivity contribution >= 4 is 5.96 Å². The smallest absolute Gasteiger partial charge is 0.192 e. The molecule has 1 aromatic rings. The van der Waals surface area contributed by atoms with Gasteiger partial charge in [-0.3, -0.25) is 0 Å². The van der Waals surface area contributed by atoms with Crippen molar-refractivity contribution < 1.29 is 9.47 Å². The Morgan fingerprint density at radius 3 is 3.00 bits per heavy atom. The second kappa shape index (κ2) is 7.77. The summed E-state index contributed by atoms with van der Waals surface area (Å²) in [6.45, 7) is 8.42. The summed E-state index contributed by atoms with van der Waals surface area (Å²) in [4.78, 5) is 4.42. The molecule has 5 nitrogen and oxygen atoms in total. The minimum absolute atomic E-state index is 0.169. The summed E-state index contributed by atoms with van der Waals surface area (Å²) in [6.07, 6.45) is 6.14. The Kier molecular flexibility index (Phi) is 5.75. The van der Waals surface area contributed by atoms with E-state index in [4.69, 9.17) is 15.9 Å².